The molecule has 0 aliphatic carbocycles. The predicted molar refractivity (Wildman–Crippen MR) is 72.6 cm³/mol. The minimum absolute atomic E-state index is 0.111. The van der Waals surface area contributed by atoms with Crippen LogP contribution in [-0.2, 0) is 14.3 Å². The van der Waals surface area contributed by atoms with Crippen molar-refractivity contribution in [1.82, 2.24) is 5.32 Å². The third-order valence-electron chi connectivity index (χ3n) is 2.44. The number of amides is 1. The van der Waals surface area contributed by atoms with Crippen LogP contribution in [0.5, 0.6) is 5.75 Å². The smallest absolute Gasteiger partial charge is 0.343 e. The van der Waals surface area contributed by atoms with Gasteiger partial charge in [0.1, 0.15) is 11.3 Å². The van der Waals surface area contributed by atoms with Gasteiger partial charge >= 0.3 is 5.97 Å². The van der Waals surface area contributed by atoms with Gasteiger partial charge in [0.2, 0.25) is 0 Å². The van der Waals surface area contributed by atoms with Gasteiger partial charge in [-0.2, -0.15) is 0 Å². The van der Waals surface area contributed by atoms with E-state index in [9.17, 15) is 9.59 Å². The maximum Gasteiger partial charge on any atom is 0.343 e. The Labute approximate surface area is 117 Å². The molecule has 0 saturated heterocycles. The Balaban J connectivity index is 2.66. The molecule has 110 valence electrons. The van der Waals surface area contributed by atoms with Gasteiger partial charge in [-0.15, -0.1) is 0 Å². The van der Waals surface area contributed by atoms with Crippen molar-refractivity contribution in [2.45, 2.75) is 0 Å². The van der Waals surface area contributed by atoms with Crippen LogP contribution in [0.15, 0.2) is 18.2 Å². The molecule has 7 heteroatoms. The second-order valence-corrected chi connectivity index (χ2v) is 3.84. The molecular formula is C13H18N2O5. The quantitative estimate of drug-likeness (QED) is 0.421. The number of esters is 1. The number of carbonyl (C=O) groups is 2. The number of benzene rings is 1. The molecule has 0 atom stereocenters. The standard InChI is InChI=1S/C13H18N2O5/c1-18-7-6-15-11(16)8-20-10-5-3-4-9(14)12(10)13(17)19-2/h3-5H,6-8,14H2,1-2H3,(H,15,16). The van der Waals surface area contributed by atoms with E-state index in [4.69, 9.17) is 15.2 Å². The van der Waals surface area contributed by atoms with Crippen LogP contribution in [0.2, 0.25) is 0 Å². The number of ether oxygens (including phenoxy) is 3. The van der Waals surface area contributed by atoms with Crippen molar-refractivity contribution in [2.24, 2.45) is 0 Å². The first-order valence-corrected chi connectivity index (χ1v) is 5.95. The molecule has 0 aliphatic heterocycles. The number of methoxy groups -OCH3 is 2. The van der Waals surface area contributed by atoms with E-state index >= 15 is 0 Å². The van der Waals surface area contributed by atoms with Crippen LogP contribution in [-0.4, -0.2) is 45.9 Å². The molecule has 0 bridgehead atoms. The second-order valence-electron chi connectivity index (χ2n) is 3.84. The van der Waals surface area contributed by atoms with Gasteiger partial charge in [0, 0.05) is 19.3 Å². The molecule has 0 heterocycles. The lowest BCUT2D eigenvalue weighted by Gasteiger charge is -2.12. The predicted octanol–water partition coefficient (Wildman–Crippen LogP) is 0.197. The van der Waals surface area contributed by atoms with E-state index in [2.05, 4.69) is 10.1 Å². The molecule has 0 unspecified atom stereocenters. The summed E-state index contributed by atoms with van der Waals surface area (Å²) in [6.07, 6.45) is 0. The van der Waals surface area contributed by atoms with Gasteiger partial charge in [0.05, 0.1) is 13.7 Å². The lowest BCUT2D eigenvalue weighted by atomic mass is 10.1. The Kier molecular flexibility index (Phi) is 6.31. The van der Waals surface area contributed by atoms with E-state index in [0.29, 0.717) is 13.2 Å². The summed E-state index contributed by atoms with van der Waals surface area (Å²) in [4.78, 5) is 23.1. The largest absolute Gasteiger partial charge is 0.483 e. The number of hydrogen-bond donors (Lipinski definition) is 2. The molecule has 0 fully saturated rings. The Morgan fingerprint density at radius 1 is 1.30 bits per heavy atom. The van der Waals surface area contributed by atoms with Crippen LogP contribution in [0.25, 0.3) is 0 Å². The zero-order valence-corrected chi connectivity index (χ0v) is 11.5. The molecule has 1 aromatic carbocycles. The monoisotopic (exact) mass is 282 g/mol. The zero-order valence-electron chi connectivity index (χ0n) is 11.5. The van der Waals surface area contributed by atoms with Gasteiger partial charge < -0.3 is 25.3 Å². The summed E-state index contributed by atoms with van der Waals surface area (Å²) in [7, 11) is 2.79. The van der Waals surface area contributed by atoms with Crippen molar-refractivity contribution < 1.29 is 23.8 Å². The van der Waals surface area contributed by atoms with Crippen molar-refractivity contribution in [1.29, 1.82) is 0 Å². The lowest BCUT2D eigenvalue weighted by molar-refractivity contribution is -0.123. The molecule has 0 spiro atoms. The van der Waals surface area contributed by atoms with Crippen molar-refractivity contribution >= 4 is 17.6 Å². The molecule has 1 aromatic rings. The fourth-order valence-corrected chi connectivity index (χ4v) is 1.48. The van der Waals surface area contributed by atoms with Crippen LogP contribution in [0.3, 0.4) is 0 Å². The van der Waals surface area contributed by atoms with Crippen LogP contribution >= 0.6 is 0 Å². The second kappa shape index (κ2) is 8.00. The van der Waals surface area contributed by atoms with Gasteiger partial charge in [-0.1, -0.05) is 6.07 Å². The number of nitrogens with two attached hydrogens (primary N) is 1. The zero-order chi connectivity index (χ0) is 15.0. The summed E-state index contributed by atoms with van der Waals surface area (Å²) < 4.78 is 14.7. The molecule has 0 aromatic heterocycles. The van der Waals surface area contributed by atoms with Gasteiger partial charge in [-0.3, -0.25) is 4.79 Å². The minimum Gasteiger partial charge on any atom is -0.483 e. The Bertz CT molecular complexity index is 476. The van der Waals surface area contributed by atoms with E-state index in [1.54, 1.807) is 18.2 Å². The molecular weight excluding hydrogens is 264 g/mol. The van der Waals surface area contributed by atoms with Gasteiger partial charge in [0.15, 0.2) is 6.61 Å². The van der Waals surface area contributed by atoms with Crippen LogP contribution in [0.1, 0.15) is 10.4 Å². The third-order valence-corrected chi connectivity index (χ3v) is 2.44. The highest BCUT2D eigenvalue weighted by Gasteiger charge is 2.17. The molecule has 3 N–H and O–H groups in total. The molecule has 1 rings (SSSR count). The summed E-state index contributed by atoms with van der Waals surface area (Å²) in [6.45, 7) is 0.577. The van der Waals surface area contributed by atoms with E-state index in [0.717, 1.165) is 0 Å². The number of nitrogen functional groups attached to an aromatic ring is 1. The lowest BCUT2D eigenvalue weighted by Crippen LogP contribution is -2.31. The molecule has 20 heavy (non-hydrogen) atoms. The Morgan fingerprint density at radius 3 is 2.70 bits per heavy atom. The molecule has 0 saturated carbocycles. The summed E-state index contributed by atoms with van der Waals surface area (Å²) in [5, 5.41) is 2.59. The van der Waals surface area contributed by atoms with E-state index in [-0.39, 0.29) is 29.5 Å². The normalized spacial score (nSPS) is 9.90. The maximum atomic E-state index is 11.6. The van der Waals surface area contributed by atoms with E-state index < -0.39 is 5.97 Å². The van der Waals surface area contributed by atoms with Crippen molar-refractivity contribution in [3.8, 4) is 5.75 Å². The highest BCUT2D eigenvalue weighted by atomic mass is 16.5. The molecule has 0 aliphatic rings. The topological polar surface area (TPSA) is 99.9 Å². The first-order valence-electron chi connectivity index (χ1n) is 5.95. The number of carbonyl (C=O) groups excluding carboxylic acids is 2. The fourth-order valence-electron chi connectivity index (χ4n) is 1.48. The van der Waals surface area contributed by atoms with Crippen LogP contribution in [0, 0.1) is 0 Å². The summed E-state index contributed by atoms with van der Waals surface area (Å²) in [5.74, 6) is -0.725. The maximum absolute atomic E-state index is 11.6. The molecule has 0 radical (unpaired) electrons. The highest BCUT2D eigenvalue weighted by Crippen LogP contribution is 2.25. The van der Waals surface area contributed by atoms with Gasteiger partial charge in [-0.05, 0) is 12.1 Å². The number of nitrogens with one attached hydrogen (secondary N) is 1. The fraction of sp³-hybridized carbons (Fsp3) is 0.385. The van der Waals surface area contributed by atoms with Crippen molar-refractivity contribution in [3.05, 3.63) is 23.8 Å². The summed E-state index contributed by atoms with van der Waals surface area (Å²) in [5.41, 5.74) is 6.05. The van der Waals surface area contributed by atoms with Crippen molar-refractivity contribution in [3.63, 3.8) is 0 Å². The average molecular weight is 282 g/mol. The average Bonchev–Trinajstić information content (AvgIpc) is 2.44. The first-order chi connectivity index (χ1) is 9.60. The van der Waals surface area contributed by atoms with Gasteiger partial charge in [-0.25, -0.2) is 4.79 Å². The van der Waals surface area contributed by atoms with Crippen LogP contribution < -0.4 is 15.8 Å². The SMILES string of the molecule is COCCNC(=O)COc1cccc(N)c1C(=O)OC. The molecule has 7 nitrogen and oxygen atoms in total. The van der Waals surface area contributed by atoms with Crippen LogP contribution in [0.4, 0.5) is 5.69 Å². The third kappa shape index (κ3) is 4.43. The van der Waals surface area contributed by atoms with E-state index in [1.165, 1.54) is 14.2 Å². The highest BCUT2D eigenvalue weighted by molar-refractivity contribution is 5.98. The Morgan fingerprint density at radius 2 is 2.05 bits per heavy atom. The number of hydrogen-bond acceptors (Lipinski definition) is 6. The summed E-state index contributed by atoms with van der Waals surface area (Å²) in [6, 6.07) is 4.72. The molecule has 1 amide bonds. The first kappa shape index (κ1) is 15.8. The number of anilines is 1. The van der Waals surface area contributed by atoms with Crippen molar-refractivity contribution in [2.75, 3.05) is 39.7 Å². The minimum atomic E-state index is -0.613. The summed E-state index contributed by atoms with van der Waals surface area (Å²) >= 11 is 0. The number of rotatable bonds is 7. The van der Waals surface area contributed by atoms with E-state index in [1.807, 2.05) is 0 Å². The van der Waals surface area contributed by atoms with Gasteiger partial charge in [0.25, 0.3) is 5.91 Å². The Hall–Kier alpha value is -2.28.